The Morgan fingerprint density at radius 2 is 0.754 bits per heavy atom. The number of rotatable bonds is 25. The summed E-state index contributed by atoms with van der Waals surface area (Å²) >= 11 is 0. The van der Waals surface area contributed by atoms with Gasteiger partial charge in [0.1, 0.15) is 11.5 Å². The average Bonchev–Trinajstić information content (AvgIpc) is 0.842. The second-order valence-corrected chi connectivity index (χ2v) is 42.6. The fraction of sp³-hybridized carbons (Fsp3) is 0.327. The number of Topliss-reactive ketones (excluding diaryl/α,β-unsaturated/α-hetero) is 1. The van der Waals surface area contributed by atoms with E-state index in [4.69, 9.17) is 4.74 Å². The highest BCUT2D eigenvalue weighted by atomic mass is 32.2. The Hall–Kier alpha value is -9.27. The summed E-state index contributed by atoms with van der Waals surface area (Å²) in [5.74, 6) is 3.24. The summed E-state index contributed by atoms with van der Waals surface area (Å²) in [6.07, 6.45) is 16.3. The van der Waals surface area contributed by atoms with Gasteiger partial charge in [-0.15, -0.1) is 0 Å². The molecule has 0 bridgehead atoms. The Kier molecular flexibility index (Phi) is 45.9. The van der Waals surface area contributed by atoms with Crippen LogP contribution in [-0.4, -0.2) is 146 Å². The molecule has 11 nitrogen and oxygen atoms in total. The van der Waals surface area contributed by atoms with Crippen molar-refractivity contribution in [1.82, 2.24) is 24.7 Å². The number of piperidine rings is 2. The quantitative estimate of drug-likeness (QED) is 0.0326. The lowest BCUT2D eigenvalue weighted by Crippen LogP contribution is -2.42. The van der Waals surface area contributed by atoms with E-state index in [1.54, 1.807) is 31.4 Å². The van der Waals surface area contributed by atoms with E-state index in [0.717, 1.165) is 55.8 Å². The molecule has 0 radical (unpaired) electrons. The SMILES string of the molecule is CCCCCCCCC(=O)NS(=O)(=O)c1ccc(CN(C)C)cc1.CN1CCN(C)CC1.COC1CCNCC1.Cc1ccc(N2CCCCC2)cc1.Cc1ccc([S+](c2ccccc2)c2ccccc2)cc1.Cc1ccc([S+](c2ccccc2)c2ccccc2)cc1.O=C(C[S+]1CCCC1)c1ccccc1.c1ccc([S+](c2ccccc2)c2ccccc2)cc1. The second kappa shape index (κ2) is 57.5. The Bertz CT molecular complexity index is 4690. The molecule has 16 rings (SSSR count). The number of hydrogen-bond donors (Lipinski definition) is 2. The second-order valence-electron chi connectivity index (χ2n) is 32.5. The molecule has 126 heavy (non-hydrogen) atoms. The zero-order valence-electron chi connectivity index (χ0n) is 76.2. The van der Waals surface area contributed by atoms with Crippen molar-refractivity contribution in [2.45, 2.75) is 179 Å². The molecule has 4 fully saturated rings. The van der Waals surface area contributed by atoms with Crippen molar-refractivity contribution in [2.24, 2.45) is 0 Å². The minimum Gasteiger partial charge on any atom is -0.381 e. The number of ether oxygens (including phenoxy) is 1. The highest BCUT2D eigenvalue weighted by molar-refractivity contribution is 7.98. The fourth-order valence-corrected chi connectivity index (χ4v) is 24.1. The van der Waals surface area contributed by atoms with Gasteiger partial charge in [-0.2, -0.15) is 0 Å². The number of methoxy groups -OCH3 is 1. The van der Waals surface area contributed by atoms with E-state index in [2.05, 4.69) is 352 Å². The summed E-state index contributed by atoms with van der Waals surface area (Å²) in [6, 6.07) is 118. The molecule has 12 aromatic rings. The van der Waals surface area contributed by atoms with Crippen molar-refractivity contribution in [3.05, 3.63) is 368 Å². The number of piperazine rings is 1. The van der Waals surface area contributed by atoms with Gasteiger partial charge in [-0.25, -0.2) is 13.1 Å². The molecule has 0 saturated carbocycles. The molecule has 0 spiro atoms. The van der Waals surface area contributed by atoms with Crippen molar-refractivity contribution in [1.29, 1.82) is 0 Å². The van der Waals surface area contributed by atoms with Crippen LogP contribution >= 0.6 is 0 Å². The van der Waals surface area contributed by atoms with E-state index < -0.39 is 15.9 Å². The van der Waals surface area contributed by atoms with Gasteiger partial charge in [0, 0.05) is 70.6 Å². The molecule has 16 heteroatoms. The van der Waals surface area contributed by atoms with E-state index in [9.17, 15) is 18.0 Å². The first-order chi connectivity index (χ1) is 61.4. The molecule has 4 aliphatic heterocycles. The summed E-state index contributed by atoms with van der Waals surface area (Å²) < 4.78 is 31.7. The van der Waals surface area contributed by atoms with Crippen LogP contribution in [0.3, 0.4) is 0 Å². The third kappa shape index (κ3) is 36.8. The van der Waals surface area contributed by atoms with Crippen molar-refractivity contribution < 1.29 is 22.7 Å². The highest BCUT2D eigenvalue weighted by Crippen LogP contribution is 2.34. The molecular weight excluding hydrogens is 1650 g/mol. The smallest absolute Gasteiger partial charge is 0.264 e. The predicted octanol–water partition coefficient (Wildman–Crippen LogP) is 23.8. The number of aryl methyl sites for hydroxylation is 3. The number of carbonyl (C=O) groups is 2. The number of nitrogens with zero attached hydrogens (tertiary/aromatic N) is 4. The van der Waals surface area contributed by atoms with Gasteiger partial charge in [0.05, 0.1) is 43.7 Å². The molecule has 0 atom stereocenters. The highest BCUT2D eigenvalue weighted by Gasteiger charge is 2.32. The first kappa shape index (κ1) is 100. The molecule has 4 aliphatic rings. The van der Waals surface area contributed by atoms with E-state index in [0.29, 0.717) is 22.8 Å². The molecule has 4 heterocycles. The molecule has 0 aromatic heterocycles. The number of hydrogen-bond acceptors (Lipinski definition) is 10. The van der Waals surface area contributed by atoms with Gasteiger partial charge < -0.3 is 29.7 Å². The molecular formula is C110H138N6O5S5+4. The zero-order chi connectivity index (χ0) is 89.2. The van der Waals surface area contributed by atoms with Crippen LogP contribution in [0.5, 0.6) is 0 Å². The number of carbonyl (C=O) groups excluding carboxylic acids is 2. The van der Waals surface area contributed by atoms with Crippen LogP contribution in [0.4, 0.5) is 5.69 Å². The molecule has 4 saturated heterocycles. The lowest BCUT2D eigenvalue weighted by Gasteiger charge is -2.28. The third-order valence-corrected chi connectivity index (χ3v) is 32.2. The molecule has 1 amide bonds. The van der Waals surface area contributed by atoms with Crippen molar-refractivity contribution in [3.63, 3.8) is 0 Å². The summed E-state index contributed by atoms with van der Waals surface area (Å²) in [6.45, 7) is 19.0. The maximum absolute atomic E-state index is 12.2. The molecule has 0 unspecified atom stereocenters. The van der Waals surface area contributed by atoms with E-state index in [1.165, 1.54) is 181 Å². The number of sulfonamides is 1. The topological polar surface area (TPSA) is 115 Å². The fourth-order valence-electron chi connectivity index (χ4n) is 14.5. The van der Waals surface area contributed by atoms with Crippen LogP contribution in [0.1, 0.15) is 129 Å². The summed E-state index contributed by atoms with van der Waals surface area (Å²) in [7, 11) is 6.60. The molecule has 0 aliphatic carbocycles. The zero-order valence-corrected chi connectivity index (χ0v) is 80.2. The first-order valence-corrected chi connectivity index (χ1v) is 52.0. The molecule has 664 valence electrons. The van der Waals surface area contributed by atoms with Crippen LogP contribution in [0.15, 0.2) is 389 Å². The van der Waals surface area contributed by atoms with Crippen LogP contribution < -0.4 is 14.9 Å². The normalized spacial score (nSPS) is 14.1. The Labute approximate surface area is 769 Å². The van der Waals surface area contributed by atoms with Gasteiger partial charge in [-0.1, -0.05) is 262 Å². The lowest BCUT2D eigenvalue weighted by molar-refractivity contribution is -0.119. The maximum Gasteiger partial charge on any atom is 0.264 e. The summed E-state index contributed by atoms with van der Waals surface area (Å²) in [4.78, 5) is 45.3. The molecule has 12 aromatic carbocycles. The first-order valence-electron chi connectivity index (χ1n) is 45.1. The summed E-state index contributed by atoms with van der Waals surface area (Å²) in [5, 5.41) is 3.27. The average molecular weight is 1780 g/mol. The number of ketones is 1. The monoisotopic (exact) mass is 1780 g/mol. The van der Waals surface area contributed by atoms with Gasteiger partial charge in [0.2, 0.25) is 11.7 Å². The maximum atomic E-state index is 12.2. The predicted molar refractivity (Wildman–Crippen MR) is 538 cm³/mol. The Morgan fingerprint density at radius 3 is 1.10 bits per heavy atom. The Balaban J connectivity index is 0.000000166. The van der Waals surface area contributed by atoms with Crippen LogP contribution in [-0.2, 0) is 69.7 Å². The standard InChI is InChI=1S/2C19H17S.C18H30N2O3S.C18H15S.C12H17N.C12H15OS.C6H14N2.C6H13NO/c2*1-16-12-14-19(15-13-16)20(17-8-4-2-5-9-17)18-10-6-3-7-11-18;1-4-5-6-7-8-9-10-18(21)19-24(22,23)17-13-11-16(12-14-17)15-20(2)3;1-4-10-16(11-5-1)19(17-12-6-2-7-13-17)18-14-8-3-9-15-18;1-11-5-7-12(8-6-11)13-9-3-2-4-10-13;13-12(10-14-8-4-5-9-14)11-6-2-1-3-7-11;1-7-3-5-8(2)6-4-7;1-8-6-2-4-7-5-3-6/h2*2-15H,1H3;11-14H,4-10,15H2,1-3H3,(H,19,21);1-15H;5-8H,2-4,9-10H2,1H3;1-3,6-7H,4-5,8-10H2;3-6H2,1-2H3;6-7H,2-5H2,1H3/q2*+1;;+1;;+1;;. The van der Waals surface area contributed by atoms with E-state index >= 15 is 0 Å². The van der Waals surface area contributed by atoms with Crippen LogP contribution in [0.2, 0.25) is 0 Å². The van der Waals surface area contributed by atoms with Crippen molar-refractivity contribution in [3.8, 4) is 0 Å². The lowest BCUT2D eigenvalue weighted by atomic mass is 10.1. The minimum absolute atomic E-state index is 0.0146. The molecule has 2 N–H and O–H groups in total. The van der Waals surface area contributed by atoms with Gasteiger partial charge in [-0.05, 0) is 263 Å². The number of anilines is 1. The number of benzene rings is 12. The third-order valence-electron chi connectivity index (χ3n) is 21.8. The van der Waals surface area contributed by atoms with Gasteiger partial charge in [-0.3, -0.25) is 9.59 Å². The minimum atomic E-state index is -3.77. The van der Waals surface area contributed by atoms with Crippen molar-refractivity contribution in [2.75, 3.05) is 110 Å². The van der Waals surface area contributed by atoms with Crippen LogP contribution in [0, 0.1) is 20.8 Å². The largest absolute Gasteiger partial charge is 0.381 e. The van der Waals surface area contributed by atoms with Gasteiger partial charge in [0.15, 0.2) is 49.8 Å². The summed E-state index contributed by atoms with van der Waals surface area (Å²) in [5.41, 5.74) is 7.26. The van der Waals surface area contributed by atoms with Crippen LogP contribution in [0.25, 0.3) is 0 Å². The van der Waals surface area contributed by atoms with Gasteiger partial charge >= 0.3 is 0 Å². The Morgan fingerprint density at radius 1 is 0.421 bits per heavy atom. The number of nitrogens with one attached hydrogen (secondary N) is 2. The number of unbranched alkanes of at least 4 members (excludes halogenated alkanes) is 5. The number of amides is 1. The van der Waals surface area contributed by atoms with E-state index in [-0.39, 0.29) is 44.0 Å². The van der Waals surface area contributed by atoms with Gasteiger partial charge in [0.25, 0.3) is 10.0 Å². The number of likely N-dealkylation sites (N-methyl/N-ethyl adjacent to an activating group) is 2. The van der Waals surface area contributed by atoms with E-state index in [1.807, 2.05) is 49.3 Å². The van der Waals surface area contributed by atoms with Crippen molar-refractivity contribution >= 4 is 71.0 Å².